The van der Waals surface area contributed by atoms with Crippen molar-refractivity contribution in [2.45, 2.75) is 19.8 Å². The number of nitrogens with one attached hydrogen (secondary N) is 1. The molecule has 0 unspecified atom stereocenters. The minimum absolute atomic E-state index is 0.477. The zero-order valence-electron chi connectivity index (χ0n) is 14.0. The van der Waals surface area contributed by atoms with E-state index in [-0.39, 0.29) is 0 Å². The van der Waals surface area contributed by atoms with Gasteiger partial charge in [0.1, 0.15) is 0 Å². The van der Waals surface area contributed by atoms with Crippen LogP contribution in [0.25, 0.3) is 0 Å². The third-order valence-corrected chi connectivity index (χ3v) is 3.70. The van der Waals surface area contributed by atoms with Crippen molar-refractivity contribution in [3.05, 3.63) is 60.2 Å². The van der Waals surface area contributed by atoms with Crippen molar-refractivity contribution in [1.82, 2.24) is 0 Å². The molecule has 0 saturated carbocycles. The second kappa shape index (κ2) is 8.83. The fraction of sp³-hybridized carbons (Fsp3) is 0.316. The fourth-order valence-electron chi connectivity index (χ4n) is 2.30. The van der Waals surface area contributed by atoms with Gasteiger partial charge >= 0.3 is 0 Å². The Labute approximate surface area is 139 Å². The summed E-state index contributed by atoms with van der Waals surface area (Å²) in [6, 6.07) is 18.5. The zero-order valence-corrected chi connectivity index (χ0v) is 14.0. The van der Waals surface area contributed by atoms with Crippen molar-refractivity contribution in [3.63, 3.8) is 0 Å². The Kier molecular flexibility index (Phi) is 6.48. The van der Waals surface area contributed by atoms with Gasteiger partial charge in [-0.15, -0.1) is 0 Å². The highest BCUT2D eigenvalue weighted by Gasteiger charge is 1.99. The largest absolute Gasteiger partial charge is 0.375 e. The first-order valence-corrected chi connectivity index (χ1v) is 8.05. The Balaban J connectivity index is 1.67. The summed E-state index contributed by atoms with van der Waals surface area (Å²) in [6.45, 7) is 3.83. The highest BCUT2D eigenvalue weighted by atomic mass is 15.1. The maximum atomic E-state index is 5.91. The molecule has 0 heterocycles. The lowest BCUT2D eigenvalue weighted by Gasteiger charge is -2.18. The van der Waals surface area contributed by atoms with E-state index in [0.29, 0.717) is 5.96 Å². The summed E-state index contributed by atoms with van der Waals surface area (Å²) in [5.41, 5.74) is 9.36. The van der Waals surface area contributed by atoms with Gasteiger partial charge < -0.3 is 16.0 Å². The molecule has 0 aromatic heterocycles. The van der Waals surface area contributed by atoms with Crippen LogP contribution in [-0.2, 0) is 0 Å². The van der Waals surface area contributed by atoms with Gasteiger partial charge in [0.15, 0.2) is 5.96 Å². The molecule has 2 aromatic rings. The van der Waals surface area contributed by atoms with Gasteiger partial charge in [0, 0.05) is 31.5 Å². The van der Waals surface area contributed by atoms with Gasteiger partial charge in [0.2, 0.25) is 0 Å². The number of rotatable bonds is 7. The maximum Gasteiger partial charge on any atom is 0.193 e. The summed E-state index contributed by atoms with van der Waals surface area (Å²) < 4.78 is 0. The number of unbranched alkanes of at least 4 members (excludes halogenated alkanes) is 1. The smallest absolute Gasteiger partial charge is 0.193 e. The van der Waals surface area contributed by atoms with E-state index in [4.69, 9.17) is 5.73 Å². The molecule has 2 aromatic carbocycles. The van der Waals surface area contributed by atoms with Crippen LogP contribution in [0.2, 0.25) is 0 Å². The van der Waals surface area contributed by atoms with Crippen LogP contribution in [0, 0.1) is 6.92 Å². The van der Waals surface area contributed by atoms with E-state index in [0.717, 1.165) is 31.6 Å². The summed E-state index contributed by atoms with van der Waals surface area (Å²) in [7, 11) is 2.12. The van der Waals surface area contributed by atoms with Crippen LogP contribution in [0.5, 0.6) is 0 Å². The molecule has 0 atom stereocenters. The molecule has 0 amide bonds. The van der Waals surface area contributed by atoms with Crippen molar-refractivity contribution in [2.75, 3.05) is 30.4 Å². The number of hydrogen-bond acceptors (Lipinski definition) is 2. The van der Waals surface area contributed by atoms with Crippen molar-refractivity contribution >= 4 is 17.3 Å². The van der Waals surface area contributed by atoms with E-state index >= 15 is 0 Å². The predicted molar refractivity (Wildman–Crippen MR) is 100 cm³/mol. The van der Waals surface area contributed by atoms with E-state index in [1.54, 1.807) is 0 Å². The predicted octanol–water partition coefficient (Wildman–Crippen LogP) is 3.64. The molecule has 3 N–H and O–H groups in total. The average Bonchev–Trinajstić information content (AvgIpc) is 2.57. The van der Waals surface area contributed by atoms with Gasteiger partial charge in [-0.25, -0.2) is 0 Å². The normalized spacial score (nSPS) is 11.3. The summed E-state index contributed by atoms with van der Waals surface area (Å²) in [6.07, 6.45) is 2.11. The molecular formula is C19H26N4. The highest BCUT2D eigenvalue weighted by molar-refractivity contribution is 5.92. The molecule has 0 aliphatic heterocycles. The first-order valence-electron chi connectivity index (χ1n) is 8.05. The van der Waals surface area contributed by atoms with Crippen LogP contribution in [0.4, 0.5) is 11.4 Å². The Morgan fingerprint density at radius 1 is 1.04 bits per heavy atom. The summed E-state index contributed by atoms with van der Waals surface area (Å²) >= 11 is 0. The number of nitrogens with two attached hydrogens (primary N) is 1. The van der Waals surface area contributed by atoms with E-state index in [2.05, 4.69) is 65.6 Å². The number of hydrogen-bond donors (Lipinski definition) is 2. The van der Waals surface area contributed by atoms with Gasteiger partial charge in [0.05, 0.1) is 0 Å². The van der Waals surface area contributed by atoms with E-state index < -0.39 is 0 Å². The lowest BCUT2D eigenvalue weighted by molar-refractivity contribution is 0.728. The standard InChI is InChI=1S/C19H26N4/c1-16-10-12-17(13-11-16)22-19(20)21-14-6-7-15-23(2)18-8-4-3-5-9-18/h3-5,8-13H,6-7,14-15H2,1-2H3,(H3,20,21,22). The monoisotopic (exact) mass is 310 g/mol. The molecule has 0 bridgehead atoms. The Morgan fingerprint density at radius 3 is 2.43 bits per heavy atom. The Morgan fingerprint density at radius 2 is 1.74 bits per heavy atom. The second-order valence-corrected chi connectivity index (χ2v) is 5.72. The van der Waals surface area contributed by atoms with Crippen molar-refractivity contribution in [2.24, 2.45) is 10.7 Å². The Hall–Kier alpha value is -2.49. The molecule has 0 aliphatic rings. The maximum absolute atomic E-state index is 5.91. The third-order valence-electron chi connectivity index (χ3n) is 3.70. The van der Waals surface area contributed by atoms with Crippen LogP contribution >= 0.6 is 0 Å². The molecule has 2 rings (SSSR count). The minimum atomic E-state index is 0.477. The Bertz CT molecular complexity index is 605. The molecule has 0 aliphatic carbocycles. The molecule has 4 nitrogen and oxygen atoms in total. The number of anilines is 2. The van der Waals surface area contributed by atoms with Crippen LogP contribution in [0.15, 0.2) is 59.6 Å². The van der Waals surface area contributed by atoms with Crippen LogP contribution < -0.4 is 16.0 Å². The van der Waals surface area contributed by atoms with E-state index in [9.17, 15) is 0 Å². The zero-order chi connectivity index (χ0) is 16.5. The van der Waals surface area contributed by atoms with Gasteiger partial charge in [0.25, 0.3) is 0 Å². The first kappa shape index (κ1) is 16.9. The van der Waals surface area contributed by atoms with Crippen LogP contribution in [0.1, 0.15) is 18.4 Å². The van der Waals surface area contributed by atoms with Crippen LogP contribution in [0.3, 0.4) is 0 Å². The summed E-state index contributed by atoms with van der Waals surface area (Å²) in [5.74, 6) is 0.477. The van der Waals surface area contributed by atoms with Crippen LogP contribution in [-0.4, -0.2) is 26.1 Å². The molecule has 23 heavy (non-hydrogen) atoms. The van der Waals surface area contributed by atoms with Gasteiger partial charge in [-0.1, -0.05) is 35.9 Å². The summed E-state index contributed by atoms with van der Waals surface area (Å²) in [4.78, 5) is 6.64. The molecule has 0 saturated heterocycles. The average molecular weight is 310 g/mol. The lowest BCUT2D eigenvalue weighted by Crippen LogP contribution is -2.23. The van der Waals surface area contributed by atoms with E-state index in [1.807, 2.05) is 18.2 Å². The number of nitrogens with zero attached hydrogens (tertiary/aromatic N) is 2. The number of para-hydroxylation sites is 1. The quantitative estimate of drug-likeness (QED) is 0.466. The lowest BCUT2D eigenvalue weighted by atomic mass is 10.2. The SMILES string of the molecule is Cc1ccc(NC(N)=NCCCCN(C)c2ccccc2)cc1. The molecule has 0 spiro atoms. The second-order valence-electron chi connectivity index (χ2n) is 5.72. The molecule has 0 radical (unpaired) electrons. The number of benzene rings is 2. The minimum Gasteiger partial charge on any atom is -0.375 e. The van der Waals surface area contributed by atoms with Crippen molar-refractivity contribution in [1.29, 1.82) is 0 Å². The topological polar surface area (TPSA) is 53.6 Å². The molecule has 0 fully saturated rings. The van der Waals surface area contributed by atoms with Gasteiger partial charge in [-0.3, -0.25) is 4.99 Å². The third kappa shape index (κ3) is 6.02. The number of aryl methyl sites for hydroxylation is 1. The summed E-state index contributed by atoms with van der Waals surface area (Å²) in [5, 5.41) is 3.11. The fourth-order valence-corrected chi connectivity index (χ4v) is 2.30. The number of aliphatic imine (C=N–C) groups is 1. The molecule has 122 valence electrons. The van der Waals surface area contributed by atoms with Gasteiger partial charge in [-0.2, -0.15) is 0 Å². The molecular weight excluding hydrogens is 284 g/mol. The van der Waals surface area contributed by atoms with Gasteiger partial charge in [-0.05, 0) is 44.0 Å². The molecule has 4 heteroatoms. The van der Waals surface area contributed by atoms with Crippen molar-refractivity contribution < 1.29 is 0 Å². The first-order chi connectivity index (χ1) is 11.1. The van der Waals surface area contributed by atoms with E-state index in [1.165, 1.54) is 11.3 Å². The van der Waals surface area contributed by atoms with Crippen molar-refractivity contribution in [3.8, 4) is 0 Å². The number of guanidine groups is 1. The highest BCUT2D eigenvalue weighted by Crippen LogP contribution is 2.11.